The zero-order chi connectivity index (χ0) is 13.1. The fraction of sp³-hybridized carbons (Fsp3) is 0.538. The molecule has 5 heteroatoms. The zero-order valence-electron chi connectivity index (χ0n) is 10.5. The van der Waals surface area contributed by atoms with Gasteiger partial charge in [0.05, 0.1) is 4.92 Å². The third kappa shape index (κ3) is 2.61. The number of nitro groups is 1. The van der Waals surface area contributed by atoms with E-state index in [2.05, 4.69) is 4.90 Å². The Kier molecular flexibility index (Phi) is 3.81. The van der Waals surface area contributed by atoms with E-state index in [1.54, 1.807) is 13.0 Å². The summed E-state index contributed by atoms with van der Waals surface area (Å²) in [5.41, 5.74) is 1.90. The molecule has 0 spiro atoms. The van der Waals surface area contributed by atoms with E-state index in [0.29, 0.717) is 11.5 Å². The van der Waals surface area contributed by atoms with Gasteiger partial charge in [0.25, 0.3) is 5.69 Å². The molecule has 0 unspecified atom stereocenters. The monoisotopic (exact) mass is 250 g/mol. The minimum atomic E-state index is -0.350. The first-order valence-corrected chi connectivity index (χ1v) is 6.22. The summed E-state index contributed by atoms with van der Waals surface area (Å²) < 4.78 is 0. The summed E-state index contributed by atoms with van der Waals surface area (Å²) in [5.74, 6) is 0.403. The molecule has 1 aromatic carbocycles. The highest BCUT2D eigenvalue weighted by Gasteiger charge is 2.20. The quantitative estimate of drug-likeness (QED) is 0.659. The van der Waals surface area contributed by atoms with Gasteiger partial charge in [-0.05, 0) is 37.8 Å². The van der Waals surface area contributed by atoms with Gasteiger partial charge < -0.3 is 10.0 Å². The van der Waals surface area contributed by atoms with Gasteiger partial charge in [0.2, 0.25) is 0 Å². The standard InChI is InChI=1S/C13H18N2O3/c1-10-8-12(2-3-13(10)15(17)18)14-6-4-11(9-16)5-7-14/h2-3,8,11,16H,4-7,9H2,1H3. The number of nitrogens with zero attached hydrogens (tertiary/aromatic N) is 2. The maximum absolute atomic E-state index is 10.8. The van der Waals surface area contributed by atoms with Crippen LogP contribution < -0.4 is 4.90 Å². The SMILES string of the molecule is Cc1cc(N2CCC(CO)CC2)ccc1[N+](=O)[O-]. The number of nitro benzene ring substituents is 1. The molecule has 1 aliphatic rings. The zero-order valence-corrected chi connectivity index (χ0v) is 10.5. The maximum atomic E-state index is 10.8. The van der Waals surface area contributed by atoms with Crippen LogP contribution in [0.5, 0.6) is 0 Å². The molecule has 0 aliphatic carbocycles. The lowest BCUT2D eigenvalue weighted by Crippen LogP contribution is -2.34. The number of hydrogen-bond acceptors (Lipinski definition) is 4. The summed E-state index contributed by atoms with van der Waals surface area (Å²) in [7, 11) is 0. The summed E-state index contributed by atoms with van der Waals surface area (Å²) in [6, 6.07) is 5.25. The number of aliphatic hydroxyl groups is 1. The second-order valence-electron chi connectivity index (χ2n) is 4.84. The number of aryl methyl sites for hydroxylation is 1. The van der Waals surface area contributed by atoms with Gasteiger partial charge in [-0.2, -0.15) is 0 Å². The summed E-state index contributed by atoms with van der Waals surface area (Å²) in [5, 5.41) is 19.9. The van der Waals surface area contributed by atoms with E-state index in [4.69, 9.17) is 5.11 Å². The van der Waals surface area contributed by atoms with Gasteiger partial charge >= 0.3 is 0 Å². The molecule has 18 heavy (non-hydrogen) atoms. The van der Waals surface area contributed by atoms with Gasteiger partial charge in [-0.15, -0.1) is 0 Å². The Morgan fingerprint density at radius 2 is 2.11 bits per heavy atom. The number of hydrogen-bond donors (Lipinski definition) is 1. The summed E-state index contributed by atoms with van der Waals surface area (Å²) >= 11 is 0. The van der Waals surface area contributed by atoms with Crippen LogP contribution in [-0.4, -0.2) is 29.7 Å². The van der Waals surface area contributed by atoms with Crippen LogP contribution in [-0.2, 0) is 0 Å². The topological polar surface area (TPSA) is 66.6 Å². The first-order valence-electron chi connectivity index (χ1n) is 6.22. The first-order chi connectivity index (χ1) is 8.61. The van der Waals surface area contributed by atoms with E-state index in [1.165, 1.54) is 0 Å². The van der Waals surface area contributed by atoms with Crippen molar-refractivity contribution < 1.29 is 10.0 Å². The molecule has 0 atom stereocenters. The minimum Gasteiger partial charge on any atom is -0.396 e. The molecule has 0 saturated carbocycles. The molecule has 2 rings (SSSR count). The molecule has 0 aromatic heterocycles. The maximum Gasteiger partial charge on any atom is 0.272 e. The molecule has 1 fully saturated rings. The number of piperidine rings is 1. The van der Waals surface area contributed by atoms with Crippen molar-refractivity contribution in [2.24, 2.45) is 5.92 Å². The Bertz CT molecular complexity index is 440. The molecule has 1 aliphatic heterocycles. The molecule has 1 heterocycles. The number of rotatable bonds is 3. The normalized spacial score (nSPS) is 16.9. The number of benzene rings is 1. The predicted molar refractivity (Wildman–Crippen MR) is 69.9 cm³/mol. The van der Waals surface area contributed by atoms with Crippen LogP contribution in [0, 0.1) is 23.0 Å². The average molecular weight is 250 g/mol. The predicted octanol–water partition coefficient (Wildman–Crippen LogP) is 2.11. The van der Waals surface area contributed by atoms with Gasteiger partial charge in [-0.3, -0.25) is 10.1 Å². The van der Waals surface area contributed by atoms with Crippen molar-refractivity contribution in [2.45, 2.75) is 19.8 Å². The molecule has 0 amide bonds. The largest absolute Gasteiger partial charge is 0.396 e. The summed E-state index contributed by atoms with van der Waals surface area (Å²) in [6.45, 7) is 3.83. The molecule has 98 valence electrons. The van der Waals surface area contributed by atoms with E-state index in [-0.39, 0.29) is 17.2 Å². The van der Waals surface area contributed by atoms with Crippen LogP contribution in [0.3, 0.4) is 0 Å². The van der Waals surface area contributed by atoms with Crippen molar-refractivity contribution in [3.63, 3.8) is 0 Å². The lowest BCUT2D eigenvalue weighted by Gasteiger charge is -2.33. The van der Waals surface area contributed by atoms with Crippen LogP contribution in [0.25, 0.3) is 0 Å². The van der Waals surface area contributed by atoms with Crippen molar-refractivity contribution in [1.82, 2.24) is 0 Å². The van der Waals surface area contributed by atoms with Crippen molar-refractivity contribution in [3.8, 4) is 0 Å². The Labute approximate surface area is 106 Å². The second-order valence-corrected chi connectivity index (χ2v) is 4.84. The summed E-state index contributed by atoms with van der Waals surface area (Å²) in [6.07, 6.45) is 1.96. The molecular formula is C13H18N2O3. The first kappa shape index (κ1) is 12.8. The molecule has 0 radical (unpaired) electrons. The third-order valence-corrected chi connectivity index (χ3v) is 3.61. The lowest BCUT2D eigenvalue weighted by molar-refractivity contribution is -0.385. The van der Waals surface area contributed by atoms with E-state index < -0.39 is 0 Å². The Balaban J connectivity index is 2.11. The van der Waals surface area contributed by atoms with E-state index in [9.17, 15) is 10.1 Å². The minimum absolute atomic E-state index is 0.170. The molecule has 0 bridgehead atoms. The van der Waals surface area contributed by atoms with Crippen molar-refractivity contribution >= 4 is 11.4 Å². The smallest absolute Gasteiger partial charge is 0.272 e. The van der Waals surface area contributed by atoms with Crippen molar-refractivity contribution in [1.29, 1.82) is 0 Å². The second kappa shape index (κ2) is 5.35. The highest BCUT2D eigenvalue weighted by molar-refractivity contribution is 5.55. The summed E-state index contributed by atoms with van der Waals surface area (Å²) in [4.78, 5) is 12.6. The molecule has 5 nitrogen and oxygen atoms in total. The van der Waals surface area contributed by atoms with Crippen LogP contribution in [0.15, 0.2) is 18.2 Å². The van der Waals surface area contributed by atoms with Crippen molar-refractivity contribution in [3.05, 3.63) is 33.9 Å². The van der Waals surface area contributed by atoms with Crippen molar-refractivity contribution in [2.75, 3.05) is 24.6 Å². The lowest BCUT2D eigenvalue weighted by atomic mass is 9.97. The molecular weight excluding hydrogens is 232 g/mol. The van der Waals surface area contributed by atoms with Gasteiger partial charge in [-0.1, -0.05) is 0 Å². The fourth-order valence-corrected chi connectivity index (χ4v) is 2.41. The van der Waals surface area contributed by atoms with E-state index in [0.717, 1.165) is 31.6 Å². The highest BCUT2D eigenvalue weighted by atomic mass is 16.6. The number of anilines is 1. The van der Waals surface area contributed by atoms with Gasteiger partial charge in [-0.25, -0.2) is 0 Å². The molecule has 1 saturated heterocycles. The molecule has 1 aromatic rings. The van der Waals surface area contributed by atoms with E-state index in [1.807, 2.05) is 12.1 Å². The molecule has 1 N–H and O–H groups in total. The van der Waals surface area contributed by atoms with Gasteiger partial charge in [0.1, 0.15) is 0 Å². The van der Waals surface area contributed by atoms with Crippen LogP contribution >= 0.6 is 0 Å². The van der Waals surface area contributed by atoms with Crippen LogP contribution in [0.1, 0.15) is 18.4 Å². The van der Waals surface area contributed by atoms with E-state index >= 15 is 0 Å². The van der Waals surface area contributed by atoms with Gasteiger partial charge in [0, 0.05) is 37.0 Å². The van der Waals surface area contributed by atoms with Crippen LogP contribution in [0.4, 0.5) is 11.4 Å². The third-order valence-electron chi connectivity index (χ3n) is 3.61. The average Bonchev–Trinajstić information content (AvgIpc) is 2.38. The Hall–Kier alpha value is -1.62. The van der Waals surface area contributed by atoms with Gasteiger partial charge in [0.15, 0.2) is 0 Å². The fourth-order valence-electron chi connectivity index (χ4n) is 2.41. The Morgan fingerprint density at radius 3 is 2.61 bits per heavy atom. The van der Waals surface area contributed by atoms with Crippen LogP contribution in [0.2, 0.25) is 0 Å². The number of aliphatic hydroxyl groups excluding tert-OH is 1. The Morgan fingerprint density at radius 1 is 1.44 bits per heavy atom. The highest BCUT2D eigenvalue weighted by Crippen LogP contribution is 2.27.